The number of hydrogen-bond acceptors (Lipinski definition) is 6. The molecule has 1 aromatic rings. The van der Waals surface area contributed by atoms with E-state index in [1.807, 2.05) is 6.92 Å². The third-order valence-electron chi connectivity index (χ3n) is 3.81. The first-order chi connectivity index (χ1) is 14.8. The molecular formula is C21H29F4NO5. The van der Waals surface area contributed by atoms with Crippen LogP contribution in [0.15, 0.2) is 6.58 Å². The lowest BCUT2D eigenvalue weighted by molar-refractivity contribution is -0.00119. The molecule has 0 atom stereocenters. The number of ether oxygens (including phenoxy) is 5. The van der Waals surface area contributed by atoms with Gasteiger partial charge in [-0.05, 0) is 18.9 Å². The first-order valence-corrected chi connectivity index (χ1v) is 9.89. The van der Waals surface area contributed by atoms with Crippen LogP contribution in [0.5, 0.6) is 5.75 Å². The second-order valence-electron chi connectivity index (χ2n) is 6.47. The molecule has 0 unspecified atom stereocenters. The van der Waals surface area contributed by atoms with Crippen LogP contribution in [0.1, 0.15) is 32.3 Å². The average molecular weight is 451 g/mol. The van der Waals surface area contributed by atoms with Gasteiger partial charge in [-0.3, -0.25) is 5.41 Å². The van der Waals surface area contributed by atoms with Crippen LogP contribution in [0.25, 0.3) is 5.57 Å². The van der Waals surface area contributed by atoms with Gasteiger partial charge in [-0.2, -0.15) is 4.39 Å². The molecule has 0 radical (unpaired) electrons. The highest BCUT2D eigenvalue weighted by Gasteiger charge is 2.27. The normalized spacial score (nSPS) is 11.0. The molecule has 0 saturated heterocycles. The van der Waals surface area contributed by atoms with Crippen LogP contribution in [0.2, 0.25) is 0 Å². The predicted octanol–water partition coefficient (Wildman–Crippen LogP) is 4.50. The van der Waals surface area contributed by atoms with E-state index in [-0.39, 0.29) is 31.8 Å². The molecule has 0 saturated carbocycles. The van der Waals surface area contributed by atoms with Crippen molar-refractivity contribution in [2.75, 3.05) is 52.9 Å². The second kappa shape index (κ2) is 14.9. The van der Waals surface area contributed by atoms with Crippen molar-refractivity contribution >= 4 is 11.5 Å². The summed E-state index contributed by atoms with van der Waals surface area (Å²) in [4.78, 5) is 0. The maximum Gasteiger partial charge on any atom is 0.207 e. The summed E-state index contributed by atoms with van der Waals surface area (Å²) in [5.74, 6) is -8.66. The Bertz CT molecular complexity index is 730. The summed E-state index contributed by atoms with van der Waals surface area (Å²) in [7, 11) is 0. The highest BCUT2D eigenvalue weighted by Crippen LogP contribution is 2.33. The first kappa shape index (κ1) is 27.0. The zero-order valence-corrected chi connectivity index (χ0v) is 17.8. The minimum absolute atomic E-state index is 0.00766. The molecule has 0 heterocycles. The maximum absolute atomic E-state index is 14.3. The number of halogens is 4. The Hall–Kier alpha value is -2.01. The van der Waals surface area contributed by atoms with Crippen molar-refractivity contribution in [3.8, 4) is 5.75 Å². The molecule has 31 heavy (non-hydrogen) atoms. The number of allylic oxidation sites excluding steroid dienone is 1. The van der Waals surface area contributed by atoms with E-state index in [4.69, 9.17) is 29.1 Å². The minimum Gasteiger partial charge on any atom is -0.437 e. The summed E-state index contributed by atoms with van der Waals surface area (Å²) in [6.45, 7) is 9.66. The fourth-order valence-electron chi connectivity index (χ4n) is 2.32. The van der Waals surface area contributed by atoms with Gasteiger partial charge in [0.25, 0.3) is 0 Å². The van der Waals surface area contributed by atoms with Crippen LogP contribution in [-0.2, 0) is 18.9 Å². The zero-order chi connectivity index (χ0) is 23.2. The molecule has 0 aromatic heterocycles. The van der Waals surface area contributed by atoms with Crippen molar-refractivity contribution in [2.45, 2.75) is 26.7 Å². The monoisotopic (exact) mass is 451 g/mol. The highest BCUT2D eigenvalue weighted by molar-refractivity contribution is 5.76. The van der Waals surface area contributed by atoms with Crippen molar-refractivity contribution in [3.05, 3.63) is 35.4 Å². The average Bonchev–Trinajstić information content (AvgIpc) is 2.73. The standard InChI is InChI=1S/C21H29F4NO5/c1-4-6-27-8-10-29-12-13-30-11-9-28-7-5-15(26)31-21-18(23)16(14(2)3)17(22)19(24)20(21)25/h26H,2,4-13H2,1,3H3. The summed E-state index contributed by atoms with van der Waals surface area (Å²) in [6, 6.07) is 0. The Labute approximate surface area is 179 Å². The molecule has 1 N–H and O–H groups in total. The fourth-order valence-corrected chi connectivity index (χ4v) is 2.32. The highest BCUT2D eigenvalue weighted by atomic mass is 19.2. The van der Waals surface area contributed by atoms with Crippen molar-refractivity contribution < 1.29 is 41.2 Å². The number of rotatable bonds is 16. The quantitative estimate of drug-likeness (QED) is 0.100. The Morgan fingerprint density at radius 1 is 0.742 bits per heavy atom. The van der Waals surface area contributed by atoms with Crippen LogP contribution in [0, 0.1) is 28.7 Å². The summed E-state index contributed by atoms with van der Waals surface area (Å²) in [5, 5.41) is 7.64. The molecule has 1 rings (SSSR count). The fraction of sp³-hybridized carbons (Fsp3) is 0.571. The Morgan fingerprint density at radius 2 is 1.23 bits per heavy atom. The Morgan fingerprint density at radius 3 is 1.71 bits per heavy atom. The summed E-state index contributed by atoms with van der Waals surface area (Å²) in [6.07, 6.45) is 0.824. The Balaban J connectivity index is 2.25. The smallest absolute Gasteiger partial charge is 0.207 e. The van der Waals surface area contributed by atoms with Gasteiger partial charge in [0.2, 0.25) is 11.6 Å². The molecule has 0 amide bonds. The van der Waals surface area contributed by atoms with Crippen molar-refractivity contribution in [3.63, 3.8) is 0 Å². The van der Waals surface area contributed by atoms with E-state index in [1.165, 1.54) is 6.92 Å². The topological polar surface area (TPSA) is 70.0 Å². The number of nitrogens with one attached hydrogen (secondary N) is 1. The van der Waals surface area contributed by atoms with E-state index in [0.717, 1.165) is 6.42 Å². The molecule has 0 spiro atoms. The number of benzene rings is 1. The van der Waals surface area contributed by atoms with Crippen LogP contribution in [0.4, 0.5) is 17.6 Å². The first-order valence-electron chi connectivity index (χ1n) is 9.89. The molecule has 0 aliphatic rings. The molecular weight excluding hydrogens is 422 g/mol. The summed E-state index contributed by atoms with van der Waals surface area (Å²) >= 11 is 0. The zero-order valence-electron chi connectivity index (χ0n) is 17.8. The van der Waals surface area contributed by atoms with Gasteiger partial charge in [0, 0.05) is 13.0 Å². The van der Waals surface area contributed by atoms with E-state index in [0.29, 0.717) is 33.0 Å². The van der Waals surface area contributed by atoms with Gasteiger partial charge in [0.05, 0.1) is 51.8 Å². The molecule has 0 aliphatic heterocycles. The van der Waals surface area contributed by atoms with Gasteiger partial charge in [-0.15, -0.1) is 0 Å². The lowest BCUT2D eigenvalue weighted by atomic mass is 10.1. The van der Waals surface area contributed by atoms with E-state index >= 15 is 0 Å². The third-order valence-corrected chi connectivity index (χ3v) is 3.81. The maximum atomic E-state index is 14.3. The summed E-state index contributed by atoms with van der Waals surface area (Å²) in [5.41, 5.74) is -0.976. The van der Waals surface area contributed by atoms with Crippen molar-refractivity contribution in [2.24, 2.45) is 0 Å². The van der Waals surface area contributed by atoms with Crippen molar-refractivity contribution in [1.82, 2.24) is 0 Å². The SMILES string of the molecule is C=C(C)c1c(F)c(F)c(F)c(OC(=N)CCOCCOCCOCCOCCC)c1F. The van der Waals surface area contributed by atoms with Gasteiger partial charge in [-0.25, -0.2) is 13.2 Å². The van der Waals surface area contributed by atoms with Crippen LogP contribution >= 0.6 is 0 Å². The lowest BCUT2D eigenvalue weighted by Crippen LogP contribution is -2.16. The van der Waals surface area contributed by atoms with E-state index in [9.17, 15) is 17.6 Å². The van der Waals surface area contributed by atoms with E-state index in [1.54, 1.807) is 0 Å². The lowest BCUT2D eigenvalue weighted by Gasteiger charge is -2.13. The molecule has 1 aromatic carbocycles. The predicted molar refractivity (Wildman–Crippen MR) is 108 cm³/mol. The Kier molecular flexibility index (Phi) is 13.0. The van der Waals surface area contributed by atoms with Crippen LogP contribution in [0.3, 0.4) is 0 Å². The molecule has 176 valence electrons. The molecule has 0 bridgehead atoms. The van der Waals surface area contributed by atoms with Gasteiger partial charge in [0.15, 0.2) is 23.3 Å². The summed E-state index contributed by atoms with van der Waals surface area (Å²) < 4.78 is 81.3. The molecule has 0 fully saturated rings. The molecule has 0 aliphatic carbocycles. The van der Waals surface area contributed by atoms with Crippen LogP contribution in [-0.4, -0.2) is 58.8 Å². The van der Waals surface area contributed by atoms with Gasteiger partial charge in [0.1, 0.15) is 0 Å². The molecule has 6 nitrogen and oxygen atoms in total. The third kappa shape index (κ3) is 9.34. The second-order valence-corrected chi connectivity index (χ2v) is 6.47. The van der Waals surface area contributed by atoms with E-state index in [2.05, 4.69) is 6.58 Å². The van der Waals surface area contributed by atoms with Gasteiger partial charge < -0.3 is 23.7 Å². The van der Waals surface area contributed by atoms with E-state index < -0.39 is 40.5 Å². The van der Waals surface area contributed by atoms with Gasteiger partial charge in [-0.1, -0.05) is 13.5 Å². The van der Waals surface area contributed by atoms with Crippen molar-refractivity contribution in [1.29, 1.82) is 5.41 Å². The molecule has 10 heteroatoms. The van der Waals surface area contributed by atoms with Crippen LogP contribution < -0.4 is 4.74 Å². The minimum atomic E-state index is -1.90. The number of hydrogen-bond donors (Lipinski definition) is 1. The largest absolute Gasteiger partial charge is 0.437 e. The van der Waals surface area contributed by atoms with Gasteiger partial charge >= 0.3 is 0 Å².